The topological polar surface area (TPSA) is 32.7 Å². The maximum atomic E-state index is 10.6. The summed E-state index contributed by atoms with van der Waals surface area (Å²) in [7, 11) is -1.03. The van der Waals surface area contributed by atoms with E-state index in [1.807, 2.05) is 36.5 Å². The zero-order valence-electron chi connectivity index (χ0n) is 12.4. The minimum absolute atomic E-state index is 0.687. The Labute approximate surface area is 127 Å². The lowest BCUT2D eigenvalue weighted by Crippen LogP contribution is -2.29. The highest BCUT2D eigenvalue weighted by atomic mass is 28.3. The number of benzene rings is 2. The summed E-state index contributed by atoms with van der Waals surface area (Å²) >= 11 is 0. The second-order valence-electron chi connectivity index (χ2n) is 5.21. The van der Waals surface area contributed by atoms with Crippen molar-refractivity contribution in [2.24, 2.45) is 5.10 Å². The van der Waals surface area contributed by atoms with Crippen LogP contribution in [-0.4, -0.2) is 26.1 Å². The molecule has 3 nitrogen and oxygen atoms in total. The van der Waals surface area contributed by atoms with Gasteiger partial charge in [0.2, 0.25) is 0 Å². The SMILES string of the molecule is C[SiH](C)N(Cc1ccccc1)N=Cc1ccc(C=O)cc1. The van der Waals surface area contributed by atoms with E-state index in [-0.39, 0.29) is 0 Å². The van der Waals surface area contributed by atoms with Crippen LogP contribution < -0.4 is 0 Å². The van der Waals surface area contributed by atoms with Crippen molar-refractivity contribution in [1.29, 1.82) is 0 Å². The quantitative estimate of drug-likeness (QED) is 0.354. The Balaban J connectivity index is 2.08. The van der Waals surface area contributed by atoms with Crippen LogP contribution in [-0.2, 0) is 6.54 Å². The molecule has 0 radical (unpaired) electrons. The van der Waals surface area contributed by atoms with Gasteiger partial charge in [0.1, 0.15) is 6.29 Å². The molecular weight excluding hydrogens is 276 g/mol. The number of hydrogen-bond donors (Lipinski definition) is 0. The van der Waals surface area contributed by atoms with Gasteiger partial charge in [0, 0.05) is 5.56 Å². The third kappa shape index (κ3) is 4.68. The lowest BCUT2D eigenvalue weighted by Gasteiger charge is -2.22. The number of nitrogens with zero attached hydrogens (tertiary/aromatic N) is 2. The Bertz CT molecular complexity index is 594. The smallest absolute Gasteiger partial charge is 0.157 e. The van der Waals surface area contributed by atoms with Crippen molar-refractivity contribution in [3.05, 3.63) is 71.3 Å². The molecule has 0 bridgehead atoms. The first-order chi connectivity index (χ1) is 10.2. The number of hydrogen-bond acceptors (Lipinski definition) is 3. The number of rotatable bonds is 6. The van der Waals surface area contributed by atoms with Crippen LogP contribution in [0.5, 0.6) is 0 Å². The fourth-order valence-corrected chi connectivity index (χ4v) is 2.84. The average molecular weight is 296 g/mol. The number of aldehydes is 1. The monoisotopic (exact) mass is 296 g/mol. The van der Waals surface area contributed by atoms with Gasteiger partial charge >= 0.3 is 0 Å². The van der Waals surface area contributed by atoms with Crippen molar-refractivity contribution < 1.29 is 4.79 Å². The van der Waals surface area contributed by atoms with Gasteiger partial charge < -0.3 is 4.67 Å². The highest BCUT2D eigenvalue weighted by molar-refractivity contribution is 6.52. The van der Waals surface area contributed by atoms with Gasteiger partial charge in [-0.3, -0.25) is 4.79 Å². The van der Waals surface area contributed by atoms with Gasteiger partial charge in [0.25, 0.3) is 0 Å². The molecule has 0 unspecified atom stereocenters. The highest BCUT2D eigenvalue weighted by Gasteiger charge is 2.07. The summed E-state index contributed by atoms with van der Waals surface area (Å²) in [5.74, 6) is 0. The van der Waals surface area contributed by atoms with Crippen molar-refractivity contribution in [3.63, 3.8) is 0 Å². The molecule has 0 N–H and O–H groups in total. The highest BCUT2D eigenvalue weighted by Crippen LogP contribution is 2.08. The van der Waals surface area contributed by atoms with Crippen LogP contribution >= 0.6 is 0 Å². The minimum Gasteiger partial charge on any atom is -0.324 e. The van der Waals surface area contributed by atoms with Gasteiger partial charge in [-0.05, 0) is 11.1 Å². The van der Waals surface area contributed by atoms with E-state index in [1.54, 1.807) is 0 Å². The van der Waals surface area contributed by atoms with Gasteiger partial charge in [0.05, 0.1) is 12.8 Å². The molecule has 4 heteroatoms. The second kappa shape index (κ2) is 7.55. The maximum Gasteiger partial charge on any atom is 0.157 e. The van der Waals surface area contributed by atoms with Crippen molar-refractivity contribution in [3.8, 4) is 0 Å². The van der Waals surface area contributed by atoms with Crippen LogP contribution in [0.2, 0.25) is 13.1 Å². The first kappa shape index (κ1) is 15.2. The fourth-order valence-electron chi connectivity index (χ4n) is 1.93. The van der Waals surface area contributed by atoms with Crippen molar-refractivity contribution in [2.45, 2.75) is 19.6 Å². The van der Waals surface area contributed by atoms with Gasteiger partial charge in [-0.15, -0.1) is 0 Å². The van der Waals surface area contributed by atoms with E-state index in [0.717, 1.165) is 18.4 Å². The number of carbonyl (C=O) groups excluding carboxylic acids is 1. The summed E-state index contributed by atoms with van der Waals surface area (Å²) in [6.07, 6.45) is 2.72. The van der Waals surface area contributed by atoms with Crippen LogP contribution in [0, 0.1) is 0 Å². The number of hydrazone groups is 1. The Kier molecular flexibility index (Phi) is 5.46. The summed E-state index contributed by atoms with van der Waals surface area (Å²) in [4.78, 5) is 10.6. The summed E-state index contributed by atoms with van der Waals surface area (Å²) in [6.45, 7) is 5.36. The molecular formula is C17H20N2OSi. The van der Waals surface area contributed by atoms with E-state index in [9.17, 15) is 4.79 Å². The van der Waals surface area contributed by atoms with Gasteiger partial charge in [-0.25, -0.2) is 0 Å². The van der Waals surface area contributed by atoms with E-state index in [0.29, 0.717) is 5.56 Å². The zero-order chi connectivity index (χ0) is 15.1. The third-order valence-electron chi connectivity index (χ3n) is 3.21. The molecule has 2 rings (SSSR count). The summed E-state index contributed by atoms with van der Waals surface area (Å²) in [5.41, 5.74) is 2.96. The first-order valence-electron chi connectivity index (χ1n) is 7.09. The average Bonchev–Trinajstić information content (AvgIpc) is 2.52. The summed E-state index contributed by atoms with van der Waals surface area (Å²) < 4.78 is 2.18. The Morgan fingerprint density at radius 2 is 1.62 bits per heavy atom. The molecule has 0 aliphatic carbocycles. The lowest BCUT2D eigenvalue weighted by molar-refractivity contribution is 0.112. The lowest BCUT2D eigenvalue weighted by atomic mass is 10.2. The molecule has 2 aromatic carbocycles. The molecule has 108 valence electrons. The van der Waals surface area contributed by atoms with Crippen LogP contribution in [0.1, 0.15) is 21.5 Å². The van der Waals surface area contributed by atoms with E-state index < -0.39 is 8.96 Å². The Hall–Kier alpha value is -2.20. The molecule has 0 aliphatic rings. The predicted octanol–water partition coefficient (Wildman–Crippen LogP) is 3.32. The summed E-state index contributed by atoms with van der Waals surface area (Å²) in [6, 6.07) is 17.8. The van der Waals surface area contributed by atoms with Crippen LogP contribution in [0.4, 0.5) is 0 Å². The third-order valence-corrected chi connectivity index (χ3v) is 4.72. The molecule has 0 saturated carbocycles. The molecule has 21 heavy (non-hydrogen) atoms. The molecule has 0 heterocycles. The first-order valence-corrected chi connectivity index (χ1v) is 9.91. The van der Waals surface area contributed by atoms with Crippen molar-refractivity contribution in [2.75, 3.05) is 0 Å². The summed E-state index contributed by atoms with van der Waals surface area (Å²) in [5, 5.41) is 4.63. The van der Waals surface area contributed by atoms with Crippen molar-refractivity contribution in [1.82, 2.24) is 4.67 Å². The van der Waals surface area contributed by atoms with E-state index >= 15 is 0 Å². The molecule has 0 fully saturated rings. The van der Waals surface area contributed by atoms with Crippen LogP contribution in [0.3, 0.4) is 0 Å². The Morgan fingerprint density at radius 1 is 1.00 bits per heavy atom. The van der Waals surface area contributed by atoms with Gasteiger partial charge in [-0.2, -0.15) is 5.10 Å². The molecule has 0 spiro atoms. The molecule has 0 aromatic heterocycles. The molecule has 0 saturated heterocycles. The largest absolute Gasteiger partial charge is 0.324 e. The molecule has 2 aromatic rings. The van der Waals surface area contributed by atoms with E-state index in [2.05, 4.69) is 47.1 Å². The van der Waals surface area contributed by atoms with Gasteiger partial charge in [0.15, 0.2) is 8.96 Å². The van der Waals surface area contributed by atoms with Crippen molar-refractivity contribution >= 4 is 21.5 Å². The minimum atomic E-state index is -1.03. The molecule has 0 aliphatic heterocycles. The van der Waals surface area contributed by atoms with Crippen LogP contribution in [0.15, 0.2) is 59.7 Å². The fraction of sp³-hybridized carbons (Fsp3) is 0.176. The van der Waals surface area contributed by atoms with E-state index in [4.69, 9.17) is 0 Å². The maximum absolute atomic E-state index is 10.6. The zero-order valence-corrected chi connectivity index (χ0v) is 13.6. The normalized spacial score (nSPS) is 11.0. The van der Waals surface area contributed by atoms with E-state index in [1.165, 1.54) is 5.56 Å². The number of carbonyl (C=O) groups is 1. The predicted molar refractivity (Wildman–Crippen MR) is 90.3 cm³/mol. The molecule has 0 amide bonds. The van der Waals surface area contributed by atoms with Gasteiger partial charge in [-0.1, -0.05) is 67.7 Å². The second-order valence-corrected chi connectivity index (χ2v) is 7.99. The van der Waals surface area contributed by atoms with Crippen LogP contribution in [0.25, 0.3) is 0 Å². The standard InChI is InChI=1S/C17H20N2OSi/c1-21(2)19(13-16-6-4-3-5-7-16)18-12-15-8-10-17(14-20)11-9-15/h3-12,14,21H,13H2,1-2H3. The molecule has 0 atom stereocenters. The Morgan fingerprint density at radius 3 is 2.19 bits per heavy atom.